The van der Waals surface area contributed by atoms with Gasteiger partial charge in [0.15, 0.2) is 5.28 Å². The van der Waals surface area contributed by atoms with E-state index in [0.29, 0.717) is 25.7 Å². The molecular weight excluding hydrogens is 609 g/mol. The molecule has 0 bridgehead atoms. The standard InChI is InChI=1S/C31H36NO8PS2/c1-4-6-21-39-41(34,40-22-7-5-2)31(32-43(37,38)26-19-17-24(3)18-20-26)23-29(30(33)27-15-11-12-16-28(27)31)42(35,36)25-13-9-8-10-14-25/h8-20,23,32H,4-7,21-22H2,1-3H3. The lowest BCUT2D eigenvalue weighted by Gasteiger charge is -2.40. The molecule has 4 rings (SSSR count). The molecule has 0 heterocycles. The molecule has 0 fully saturated rings. The molecule has 3 aromatic rings. The number of aryl methyl sites for hydroxylation is 1. The summed E-state index contributed by atoms with van der Waals surface area (Å²) in [5.41, 5.74) is 0.651. The average Bonchev–Trinajstić information content (AvgIpc) is 2.99. The van der Waals surface area contributed by atoms with Gasteiger partial charge in [-0.05, 0) is 50.1 Å². The largest absolute Gasteiger partial charge is 0.360 e. The highest BCUT2D eigenvalue weighted by Crippen LogP contribution is 2.67. The number of sulfonamides is 1. The number of hydrogen-bond acceptors (Lipinski definition) is 8. The van der Waals surface area contributed by atoms with Gasteiger partial charge in [-0.2, -0.15) is 4.72 Å². The fraction of sp³-hybridized carbons (Fsp3) is 0.323. The molecule has 0 spiro atoms. The number of carbonyl (C=O) groups excluding carboxylic acids is 1. The van der Waals surface area contributed by atoms with Crippen molar-refractivity contribution in [2.24, 2.45) is 0 Å². The first-order chi connectivity index (χ1) is 20.4. The second-order valence-corrected chi connectivity index (χ2v) is 16.1. The zero-order valence-electron chi connectivity index (χ0n) is 24.4. The third-order valence-corrected chi connectivity index (χ3v) is 12.9. The van der Waals surface area contributed by atoms with Crippen molar-refractivity contribution in [3.05, 3.63) is 107 Å². The summed E-state index contributed by atoms with van der Waals surface area (Å²) in [6.07, 6.45) is 3.22. The van der Waals surface area contributed by atoms with Gasteiger partial charge in [0.2, 0.25) is 25.6 Å². The number of hydrogen-bond donors (Lipinski definition) is 1. The second kappa shape index (κ2) is 13.4. The Morgan fingerprint density at radius 3 is 1.91 bits per heavy atom. The Morgan fingerprint density at radius 2 is 1.33 bits per heavy atom. The van der Waals surface area contributed by atoms with Crippen molar-refractivity contribution in [2.75, 3.05) is 13.2 Å². The molecule has 1 aliphatic carbocycles. The van der Waals surface area contributed by atoms with Crippen LogP contribution in [0, 0.1) is 6.92 Å². The van der Waals surface area contributed by atoms with Gasteiger partial charge in [0, 0.05) is 11.1 Å². The summed E-state index contributed by atoms with van der Waals surface area (Å²) in [6.45, 7) is 5.49. The molecule has 1 aliphatic rings. The van der Waals surface area contributed by atoms with E-state index in [4.69, 9.17) is 9.05 Å². The molecule has 43 heavy (non-hydrogen) atoms. The van der Waals surface area contributed by atoms with E-state index in [0.717, 1.165) is 11.6 Å². The summed E-state index contributed by atoms with van der Waals surface area (Å²) in [4.78, 5) is 12.8. The van der Waals surface area contributed by atoms with Crippen LogP contribution in [-0.4, -0.2) is 35.8 Å². The number of allylic oxidation sites excluding steroid dienone is 1. The Hall–Kier alpha value is -2.92. The van der Waals surface area contributed by atoms with Crippen LogP contribution in [0.5, 0.6) is 0 Å². The molecule has 1 unspecified atom stereocenters. The summed E-state index contributed by atoms with van der Waals surface area (Å²) in [6, 6.07) is 19.2. The van der Waals surface area contributed by atoms with Gasteiger partial charge in [0.25, 0.3) is 0 Å². The maximum Gasteiger partial charge on any atom is 0.360 e. The Morgan fingerprint density at radius 1 is 0.767 bits per heavy atom. The van der Waals surface area contributed by atoms with Crippen LogP contribution in [0.25, 0.3) is 0 Å². The van der Waals surface area contributed by atoms with E-state index in [1.807, 2.05) is 13.8 Å². The van der Waals surface area contributed by atoms with Crippen LogP contribution >= 0.6 is 7.60 Å². The van der Waals surface area contributed by atoms with E-state index in [1.54, 1.807) is 31.2 Å². The van der Waals surface area contributed by atoms with Crippen LogP contribution in [-0.2, 0) is 38.8 Å². The molecule has 1 N–H and O–H groups in total. The van der Waals surface area contributed by atoms with Crippen molar-refractivity contribution in [1.82, 2.24) is 4.72 Å². The highest BCUT2D eigenvalue weighted by atomic mass is 32.2. The topological polar surface area (TPSA) is 133 Å². The van der Waals surface area contributed by atoms with Crippen LogP contribution in [0.15, 0.2) is 99.6 Å². The van der Waals surface area contributed by atoms with Crippen molar-refractivity contribution < 1.29 is 35.2 Å². The molecule has 0 saturated carbocycles. The predicted octanol–water partition coefficient (Wildman–Crippen LogP) is 6.51. The Labute approximate surface area is 253 Å². The van der Waals surface area contributed by atoms with Crippen molar-refractivity contribution in [1.29, 1.82) is 0 Å². The zero-order chi connectivity index (χ0) is 31.3. The minimum atomic E-state index is -4.65. The van der Waals surface area contributed by atoms with Gasteiger partial charge in [-0.15, -0.1) is 0 Å². The van der Waals surface area contributed by atoms with E-state index in [1.165, 1.54) is 54.6 Å². The lowest BCUT2D eigenvalue weighted by Crippen LogP contribution is -2.48. The molecule has 12 heteroatoms. The van der Waals surface area contributed by atoms with E-state index in [9.17, 15) is 21.6 Å². The van der Waals surface area contributed by atoms with Gasteiger partial charge in [0.1, 0.15) is 4.91 Å². The maximum absolute atomic E-state index is 15.2. The van der Waals surface area contributed by atoms with Crippen LogP contribution in [0.4, 0.5) is 0 Å². The lowest BCUT2D eigenvalue weighted by atomic mass is 9.92. The van der Waals surface area contributed by atoms with Gasteiger partial charge in [-0.25, -0.2) is 16.8 Å². The van der Waals surface area contributed by atoms with Crippen molar-refractivity contribution >= 4 is 33.2 Å². The number of carbonyl (C=O) groups is 1. The smallest absolute Gasteiger partial charge is 0.307 e. The summed E-state index contributed by atoms with van der Waals surface area (Å²) >= 11 is 0. The fourth-order valence-corrected chi connectivity index (χ4v) is 10.2. The average molecular weight is 646 g/mol. The number of unbranched alkanes of at least 4 members (excludes halogenated alkanes) is 2. The molecule has 1 atom stereocenters. The number of rotatable bonds is 14. The molecule has 0 aliphatic heterocycles. The minimum absolute atomic E-state index is 0.0287. The van der Waals surface area contributed by atoms with Crippen LogP contribution in [0.2, 0.25) is 0 Å². The number of fused-ring (bicyclic) bond motifs is 1. The van der Waals surface area contributed by atoms with E-state index in [-0.39, 0.29) is 34.1 Å². The van der Waals surface area contributed by atoms with Crippen LogP contribution in [0.3, 0.4) is 0 Å². The predicted molar refractivity (Wildman–Crippen MR) is 165 cm³/mol. The number of nitrogens with one attached hydrogen (secondary N) is 1. The fourth-order valence-electron chi connectivity index (χ4n) is 4.65. The number of benzene rings is 3. The lowest BCUT2D eigenvalue weighted by molar-refractivity contribution is 0.103. The SMILES string of the molecule is CCCCOP(=O)(OCCCC)C1(NS(=O)(=O)c2ccc(C)cc2)C=C(S(=O)(=O)c2ccccc2)C(=O)c2ccccc21. The first-order valence-electron chi connectivity index (χ1n) is 14.1. The normalized spacial score (nSPS) is 17.4. The van der Waals surface area contributed by atoms with Gasteiger partial charge < -0.3 is 9.05 Å². The molecule has 9 nitrogen and oxygen atoms in total. The quantitative estimate of drug-likeness (QED) is 0.155. The molecule has 0 saturated heterocycles. The highest BCUT2D eigenvalue weighted by molar-refractivity contribution is 7.96. The number of Topliss-reactive ketones (excluding diaryl/α,β-unsaturated/α-hetero) is 1. The summed E-state index contributed by atoms with van der Waals surface area (Å²) in [5, 5.41) is -2.40. The first kappa shape index (κ1) is 33.0. The number of sulfone groups is 1. The monoisotopic (exact) mass is 645 g/mol. The third kappa shape index (κ3) is 6.62. The van der Waals surface area contributed by atoms with Crippen LogP contribution in [0.1, 0.15) is 61.0 Å². The van der Waals surface area contributed by atoms with Crippen molar-refractivity contribution in [2.45, 2.75) is 61.5 Å². The van der Waals surface area contributed by atoms with E-state index < -0.39 is 43.4 Å². The summed E-state index contributed by atoms with van der Waals surface area (Å²) in [7, 11) is -13.7. The molecule has 0 amide bonds. The second-order valence-electron chi connectivity index (χ2n) is 10.3. The molecule has 230 valence electrons. The Balaban J connectivity index is 2.08. The first-order valence-corrected chi connectivity index (χ1v) is 18.6. The third-order valence-electron chi connectivity index (χ3n) is 7.06. The Kier molecular flexibility index (Phi) is 10.3. The van der Waals surface area contributed by atoms with Crippen molar-refractivity contribution in [3.63, 3.8) is 0 Å². The van der Waals surface area contributed by atoms with Gasteiger partial charge in [-0.3, -0.25) is 9.36 Å². The van der Waals surface area contributed by atoms with Gasteiger partial charge in [0.05, 0.1) is 23.0 Å². The summed E-state index contributed by atoms with van der Waals surface area (Å²) in [5.74, 6) is -0.863. The van der Waals surface area contributed by atoms with Gasteiger partial charge >= 0.3 is 7.60 Å². The Bertz CT molecular complexity index is 1740. The van der Waals surface area contributed by atoms with Crippen LogP contribution < -0.4 is 4.72 Å². The highest BCUT2D eigenvalue weighted by Gasteiger charge is 2.58. The molecule has 3 aromatic carbocycles. The van der Waals surface area contributed by atoms with Gasteiger partial charge in [-0.1, -0.05) is 86.8 Å². The van der Waals surface area contributed by atoms with E-state index in [2.05, 4.69) is 4.72 Å². The maximum atomic E-state index is 15.2. The summed E-state index contributed by atoms with van der Waals surface area (Å²) < 4.78 is 85.7. The molecule has 0 aromatic heterocycles. The minimum Gasteiger partial charge on any atom is -0.307 e. The zero-order valence-corrected chi connectivity index (χ0v) is 26.9. The van der Waals surface area contributed by atoms with E-state index >= 15 is 4.57 Å². The molecule has 0 radical (unpaired) electrons. The molecular formula is C31H36NO8PS2. The van der Waals surface area contributed by atoms with Crippen molar-refractivity contribution in [3.8, 4) is 0 Å². The number of ketones is 1.